The van der Waals surface area contributed by atoms with Gasteiger partial charge in [-0.3, -0.25) is 9.59 Å². The Morgan fingerprint density at radius 3 is 2.11 bits per heavy atom. The van der Waals surface area contributed by atoms with Crippen LogP contribution in [0, 0.1) is 0 Å². The van der Waals surface area contributed by atoms with Crippen molar-refractivity contribution in [2.75, 3.05) is 76.3 Å². The Morgan fingerprint density at radius 1 is 0.889 bits per heavy atom. The van der Waals surface area contributed by atoms with Gasteiger partial charge in [0.1, 0.15) is 0 Å². The summed E-state index contributed by atoms with van der Waals surface area (Å²) in [4.78, 5) is 23.3. The monoisotopic (exact) mass is 624 g/mol. The third-order valence-electron chi connectivity index (χ3n) is 4.02. The van der Waals surface area contributed by atoms with Crippen molar-refractivity contribution in [1.82, 2.24) is 10.6 Å². The first-order valence-corrected chi connectivity index (χ1v) is 18.8. The van der Waals surface area contributed by atoms with E-state index in [1.807, 2.05) is 6.26 Å². The lowest BCUT2D eigenvalue weighted by Gasteiger charge is -2.22. The van der Waals surface area contributed by atoms with Crippen LogP contribution in [-0.2, 0) is 28.5 Å². The summed E-state index contributed by atoms with van der Waals surface area (Å²) in [6.45, 7) is 3.70. The summed E-state index contributed by atoms with van der Waals surface area (Å²) < 4.78 is 20.9. The molecule has 0 heterocycles. The lowest BCUT2D eigenvalue weighted by Crippen LogP contribution is -2.39. The Labute approximate surface area is 238 Å². The van der Waals surface area contributed by atoms with Crippen molar-refractivity contribution in [2.45, 2.75) is 31.7 Å². The Hall–Kier alpha value is 0.350. The Bertz CT molecular complexity index is 570. The molecule has 3 N–H and O–H groups in total. The van der Waals surface area contributed by atoms with Crippen molar-refractivity contribution >= 4 is 81.8 Å². The first kappa shape index (κ1) is 36.4. The van der Waals surface area contributed by atoms with Gasteiger partial charge in [-0.1, -0.05) is 71.2 Å². The molecule has 0 spiro atoms. The van der Waals surface area contributed by atoms with Crippen LogP contribution >= 0.6 is 64.8 Å². The molecule has 0 fully saturated rings. The maximum atomic E-state index is 11.9. The lowest BCUT2D eigenvalue weighted by molar-refractivity contribution is -0.139. The zero-order chi connectivity index (χ0) is 26.7. The second-order valence-corrected chi connectivity index (χ2v) is 14.8. The van der Waals surface area contributed by atoms with Crippen molar-refractivity contribution in [1.29, 1.82) is 0 Å². The highest BCUT2D eigenvalue weighted by atomic mass is 33.2. The van der Waals surface area contributed by atoms with E-state index in [2.05, 4.69) is 10.6 Å². The number of nitrogens with zero attached hydrogens (tertiary/aromatic N) is 1. The fourth-order valence-corrected chi connectivity index (χ4v) is 9.87. The number of carboxylic acid groups (broad SMARTS) is 1. The summed E-state index contributed by atoms with van der Waals surface area (Å²) in [6.07, 6.45) is 3.87. The van der Waals surface area contributed by atoms with E-state index in [0.717, 1.165) is 21.0 Å². The molecule has 0 aromatic carbocycles. The van der Waals surface area contributed by atoms with E-state index in [9.17, 15) is 20.1 Å². The summed E-state index contributed by atoms with van der Waals surface area (Å²) in [5.41, 5.74) is 0. The van der Waals surface area contributed by atoms with Gasteiger partial charge in [0.15, 0.2) is 0 Å². The number of methoxy groups -OCH3 is 1. The molecule has 1 amide bonds. The summed E-state index contributed by atoms with van der Waals surface area (Å²) in [5.74, 6) is -1.13. The fourth-order valence-electron chi connectivity index (χ4n) is 2.30. The zero-order valence-electron chi connectivity index (χ0n) is 20.8. The molecule has 0 aliphatic carbocycles. The summed E-state index contributed by atoms with van der Waals surface area (Å²) in [7, 11) is 11.1. The minimum Gasteiger partial charge on any atom is -0.481 e. The van der Waals surface area contributed by atoms with Crippen molar-refractivity contribution in [2.24, 2.45) is 0 Å². The molecule has 0 aromatic heterocycles. The van der Waals surface area contributed by atoms with Gasteiger partial charge in [0.2, 0.25) is 5.91 Å². The molecule has 0 rings (SSSR count). The van der Waals surface area contributed by atoms with Crippen LogP contribution in [0.25, 0.3) is 5.41 Å². The van der Waals surface area contributed by atoms with Crippen LogP contribution in [-0.4, -0.2) is 105 Å². The highest BCUT2D eigenvalue weighted by molar-refractivity contribution is 8.90. The summed E-state index contributed by atoms with van der Waals surface area (Å²) >= 11 is 0. The number of nitrogens with one attached hydrogen (secondary N) is 2. The molecule has 10 nitrogen and oxygen atoms in total. The van der Waals surface area contributed by atoms with Gasteiger partial charge in [-0.25, -0.2) is 0 Å². The molecular weight excluding hydrogens is 587 g/mol. The zero-order valence-corrected chi connectivity index (χ0v) is 25.7. The lowest BCUT2D eigenvalue weighted by atomic mass is 10.1. The normalized spacial score (nSPS) is 11.8. The molecule has 0 radical (unpaired) electrons. The maximum absolute atomic E-state index is 11.9. The van der Waals surface area contributed by atoms with Gasteiger partial charge in [-0.15, -0.1) is 0 Å². The van der Waals surface area contributed by atoms with Crippen LogP contribution in [0.1, 0.15) is 25.7 Å². The predicted octanol–water partition coefficient (Wildman–Crippen LogP) is 4.02. The Morgan fingerprint density at radius 2 is 1.50 bits per heavy atom. The molecule has 0 saturated carbocycles. The van der Waals surface area contributed by atoms with Crippen molar-refractivity contribution in [3.63, 3.8) is 0 Å². The van der Waals surface area contributed by atoms with Gasteiger partial charge in [-0.05, 0) is 24.3 Å². The SMILES string of the molecule is COCCOCCOCCOCCC(=O)NCCCC[C@H](NC(=[N-])SSCSSCSSC)C(=O)O. The molecule has 0 aliphatic heterocycles. The number of amidine groups is 1. The van der Waals surface area contributed by atoms with Gasteiger partial charge >= 0.3 is 5.97 Å². The first-order valence-electron chi connectivity index (χ1n) is 11.2. The van der Waals surface area contributed by atoms with Crippen LogP contribution in [0.15, 0.2) is 0 Å². The summed E-state index contributed by atoms with van der Waals surface area (Å²) in [6, 6.07) is -0.874. The predicted molar refractivity (Wildman–Crippen MR) is 160 cm³/mol. The number of carbonyl (C=O) groups excluding carboxylic acids is 1. The number of ether oxygens (including phenoxy) is 4. The number of hydrogen-bond donors (Lipinski definition) is 3. The second kappa shape index (κ2) is 28.4. The van der Waals surface area contributed by atoms with Gasteiger partial charge < -0.3 is 40.1 Å². The molecule has 0 aliphatic rings. The molecule has 0 aromatic rings. The number of hydrogen-bond acceptors (Lipinski definition) is 12. The van der Waals surface area contributed by atoms with Crippen LogP contribution < -0.4 is 10.6 Å². The number of aliphatic carboxylic acids is 1. The van der Waals surface area contributed by atoms with Crippen molar-refractivity contribution in [3.05, 3.63) is 5.41 Å². The molecule has 36 heavy (non-hydrogen) atoms. The smallest absolute Gasteiger partial charge is 0.305 e. The highest BCUT2D eigenvalue weighted by Gasteiger charge is 2.13. The van der Waals surface area contributed by atoms with Gasteiger partial charge in [-0.2, -0.15) is 0 Å². The maximum Gasteiger partial charge on any atom is 0.305 e. The minimum absolute atomic E-state index is 0.106. The van der Waals surface area contributed by atoms with E-state index in [-0.39, 0.29) is 17.5 Å². The standard InChI is InChI=1S/C20H38N3O7S6/c1-27-9-10-29-13-14-30-12-11-28-8-6-18(24)22-7-4-3-5-17(19(25)26)23-20(21)36-35-16-34-33-15-32-31-2/h17H,3-16H2,1-2H3,(H3-,21,22,23,24,25,26)/q-1/t17-/m0/s1. The average molecular weight is 625 g/mol. The number of rotatable bonds is 26. The van der Waals surface area contributed by atoms with Crippen LogP contribution in [0.4, 0.5) is 0 Å². The van der Waals surface area contributed by atoms with Crippen LogP contribution in [0.3, 0.4) is 0 Å². The van der Waals surface area contributed by atoms with E-state index in [4.69, 9.17) is 18.9 Å². The van der Waals surface area contributed by atoms with Gasteiger partial charge in [0.25, 0.3) is 0 Å². The average Bonchev–Trinajstić information content (AvgIpc) is 2.85. The second-order valence-electron chi connectivity index (χ2n) is 6.72. The number of carboxylic acids is 1. The molecule has 16 heteroatoms. The molecule has 0 bridgehead atoms. The van der Waals surface area contributed by atoms with E-state index >= 15 is 0 Å². The molecule has 0 saturated heterocycles. The fraction of sp³-hybridized carbons (Fsp3) is 0.850. The van der Waals surface area contributed by atoms with Gasteiger partial charge in [0, 0.05) is 20.1 Å². The minimum atomic E-state index is -1.02. The van der Waals surface area contributed by atoms with Gasteiger partial charge in [0.05, 0.1) is 62.5 Å². The topological polar surface area (TPSA) is 138 Å². The van der Waals surface area contributed by atoms with Crippen molar-refractivity contribution < 1.29 is 33.6 Å². The molecule has 1 atom stereocenters. The van der Waals surface area contributed by atoms with Crippen LogP contribution in [0.2, 0.25) is 0 Å². The summed E-state index contributed by atoms with van der Waals surface area (Å²) in [5, 5.41) is 26.5. The molecule has 0 unspecified atom stereocenters. The highest BCUT2D eigenvalue weighted by Crippen LogP contribution is 2.36. The third-order valence-corrected chi connectivity index (χ3v) is 11.9. The van der Waals surface area contributed by atoms with E-state index in [0.29, 0.717) is 72.1 Å². The Balaban J connectivity index is 3.65. The number of amides is 1. The largest absolute Gasteiger partial charge is 0.481 e. The third kappa shape index (κ3) is 26.0. The number of carbonyl (C=O) groups is 2. The first-order chi connectivity index (χ1) is 17.5. The van der Waals surface area contributed by atoms with Crippen LogP contribution in [0.5, 0.6) is 0 Å². The van der Waals surface area contributed by atoms with Crippen molar-refractivity contribution in [3.8, 4) is 0 Å². The molecular formula is C20H38N3O7S6-. The Kier molecular flexibility index (Phi) is 28.6. The molecule has 212 valence electrons. The number of unbranched alkanes of at least 4 members (excludes halogenated alkanes) is 1. The van der Waals surface area contributed by atoms with E-state index in [1.165, 1.54) is 10.8 Å². The quantitative estimate of drug-likeness (QED) is 0.0420. The van der Waals surface area contributed by atoms with E-state index < -0.39 is 12.0 Å². The van der Waals surface area contributed by atoms with E-state index in [1.54, 1.807) is 50.3 Å².